The van der Waals surface area contributed by atoms with Crippen LogP contribution in [0.25, 0.3) is 4.91 Å². The Hall–Kier alpha value is -3.45. The summed E-state index contributed by atoms with van der Waals surface area (Å²) in [5.41, 5.74) is -1.45. The van der Waals surface area contributed by atoms with Gasteiger partial charge < -0.3 is 25.0 Å². The Bertz CT molecular complexity index is 1550. The lowest BCUT2D eigenvalue weighted by molar-refractivity contribution is -0.139. The third kappa shape index (κ3) is 9.78. The number of hydrogen-bond donors (Lipinski definition) is 3. The van der Waals surface area contributed by atoms with E-state index in [1.807, 2.05) is 30.3 Å². The molecule has 1 heterocycles. The zero-order valence-electron chi connectivity index (χ0n) is 27.7. The molecule has 0 bridgehead atoms. The van der Waals surface area contributed by atoms with Crippen molar-refractivity contribution in [3.05, 3.63) is 76.3 Å². The maximum absolute atomic E-state index is 14.1. The van der Waals surface area contributed by atoms with E-state index in [1.165, 1.54) is 18.7 Å². The average Bonchev–Trinajstić information content (AvgIpc) is 3.12. The molecule has 0 fully saturated rings. The number of alkyl carbamates (subject to hydrolysis) is 1. The SMILES string of the molecule is CCN(CC1=C(c2ccc(Cl)cc2)S(=O)(=O)NC1(C)C)C(=O)C(COCc1ccccc1)NC(=O)C(C)(C)NC(=O)OC(C)(C)C. The molecule has 3 amide bonds. The molecule has 1 aliphatic heterocycles. The molecule has 1 atom stereocenters. The predicted molar refractivity (Wildman–Crippen MR) is 178 cm³/mol. The van der Waals surface area contributed by atoms with Crippen molar-refractivity contribution in [2.75, 3.05) is 19.7 Å². The molecule has 0 aromatic heterocycles. The second-order valence-electron chi connectivity index (χ2n) is 13.2. The molecule has 0 radical (unpaired) electrons. The van der Waals surface area contributed by atoms with Crippen LogP contribution in [0.5, 0.6) is 0 Å². The summed E-state index contributed by atoms with van der Waals surface area (Å²) in [5.74, 6) is -1.12. The molecule has 252 valence electrons. The van der Waals surface area contributed by atoms with Gasteiger partial charge in [-0.25, -0.2) is 17.9 Å². The number of hydrogen-bond acceptors (Lipinski definition) is 7. The van der Waals surface area contributed by atoms with Crippen LogP contribution >= 0.6 is 11.6 Å². The first kappa shape index (κ1) is 37.0. The van der Waals surface area contributed by atoms with Gasteiger partial charge in [0.1, 0.15) is 17.2 Å². The lowest BCUT2D eigenvalue weighted by atomic mass is 9.92. The fourth-order valence-electron chi connectivity index (χ4n) is 4.85. The van der Waals surface area contributed by atoms with E-state index in [0.29, 0.717) is 16.2 Å². The molecule has 0 aliphatic carbocycles. The number of carbonyl (C=O) groups is 3. The van der Waals surface area contributed by atoms with Gasteiger partial charge in [0, 0.05) is 18.1 Å². The van der Waals surface area contributed by atoms with Crippen molar-refractivity contribution in [3.63, 3.8) is 0 Å². The van der Waals surface area contributed by atoms with Crippen molar-refractivity contribution in [3.8, 4) is 0 Å². The van der Waals surface area contributed by atoms with Crippen LogP contribution in [0.1, 0.15) is 66.5 Å². The van der Waals surface area contributed by atoms with Crippen LogP contribution in [0.15, 0.2) is 60.2 Å². The number of sulfonamides is 1. The Morgan fingerprint density at radius 1 is 1.00 bits per heavy atom. The molecule has 0 spiro atoms. The first-order valence-corrected chi connectivity index (χ1v) is 16.9. The number of ether oxygens (including phenoxy) is 2. The van der Waals surface area contributed by atoms with Crippen LogP contribution in [0, 0.1) is 0 Å². The van der Waals surface area contributed by atoms with E-state index in [4.69, 9.17) is 21.1 Å². The predicted octanol–water partition coefficient (Wildman–Crippen LogP) is 4.62. The smallest absolute Gasteiger partial charge is 0.408 e. The second kappa shape index (κ2) is 14.5. The van der Waals surface area contributed by atoms with E-state index in [9.17, 15) is 22.8 Å². The molecule has 11 nitrogen and oxygen atoms in total. The van der Waals surface area contributed by atoms with Crippen LogP contribution in [-0.4, -0.2) is 73.6 Å². The number of nitrogens with zero attached hydrogens (tertiary/aromatic N) is 1. The summed E-state index contributed by atoms with van der Waals surface area (Å²) in [6, 6.07) is 14.7. The second-order valence-corrected chi connectivity index (χ2v) is 15.2. The van der Waals surface area contributed by atoms with Gasteiger partial charge in [-0.05, 0) is 84.2 Å². The molecule has 13 heteroatoms. The minimum atomic E-state index is -3.92. The Balaban J connectivity index is 1.92. The summed E-state index contributed by atoms with van der Waals surface area (Å²) in [4.78, 5) is 41.7. The van der Waals surface area contributed by atoms with Gasteiger partial charge in [0.15, 0.2) is 0 Å². The van der Waals surface area contributed by atoms with E-state index in [1.54, 1.807) is 65.8 Å². The molecule has 2 aromatic carbocycles. The minimum absolute atomic E-state index is 0.0445. The van der Waals surface area contributed by atoms with Crippen molar-refractivity contribution in [2.45, 2.75) is 84.7 Å². The van der Waals surface area contributed by atoms with Gasteiger partial charge in [0.05, 0.1) is 23.7 Å². The fourth-order valence-corrected chi connectivity index (χ4v) is 6.96. The molecule has 0 saturated heterocycles. The quantitative estimate of drug-likeness (QED) is 0.298. The zero-order valence-corrected chi connectivity index (χ0v) is 29.3. The van der Waals surface area contributed by atoms with Gasteiger partial charge in [-0.3, -0.25) is 9.59 Å². The molecule has 0 saturated carbocycles. The number of rotatable bonds is 12. The van der Waals surface area contributed by atoms with Gasteiger partial charge in [0.2, 0.25) is 21.8 Å². The topological polar surface area (TPSA) is 143 Å². The van der Waals surface area contributed by atoms with Crippen LogP contribution in [0.4, 0.5) is 4.79 Å². The maximum atomic E-state index is 14.1. The Kier molecular flexibility index (Phi) is 11.7. The third-order valence-electron chi connectivity index (χ3n) is 7.22. The van der Waals surface area contributed by atoms with Crippen molar-refractivity contribution >= 4 is 44.4 Å². The third-order valence-corrected chi connectivity index (χ3v) is 9.27. The minimum Gasteiger partial charge on any atom is -0.444 e. The number of benzene rings is 2. The zero-order chi connectivity index (χ0) is 34.5. The first-order valence-electron chi connectivity index (χ1n) is 15.0. The highest BCUT2D eigenvalue weighted by Crippen LogP contribution is 2.38. The van der Waals surface area contributed by atoms with Crippen molar-refractivity contribution in [1.82, 2.24) is 20.3 Å². The van der Waals surface area contributed by atoms with Gasteiger partial charge in [-0.1, -0.05) is 54.1 Å². The number of nitrogens with one attached hydrogen (secondary N) is 3. The molecule has 1 unspecified atom stereocenters. The van der Waals surface area contributed by atoms with E-state index < -0.39 is 50.7 Å². The van der Waals surface area contributed by atoms with Crippen molar-refractivity contribution in [1.29, 1.82) is 0 Å². The molecular formula is C33H45ClN4O7S. The summed E-state index contributed by atoms with van der Waals surface area (Å²) >= 11 is 6.06. The lowest BCUT2D eigenvalue weighted by Gasteiger charge is -2.33. The van der Waals surface area contributed by atoms with Crippen LogP contribution in [0.2, 0.25) is 5.02 Å². The fraction of sp³-hybridized carbons (Fsp3) is 0.485. The van der Waals surface area contributed by atoms with Crippen LogP contribution in [0.3, 0.4) is 0 Å². The molecule has 3 N–H and O–H groups in total. The summed E-state index contributed by atoms with van der Waals surface area (Å²) in [5, 5.41) is 5.76. The van der Waals surface area contributed by atoms with Crippen LogP contribution < -0.4 is 15.4 Å². The number of carbonyl (C=O) groups excluding carboxylic acids is 3. The molecule has 2 aromatic rings. The molecular weight excluding hydrogens is 632 g/mol. The average molecular weight is 677 g/mol. The summed E-state index contributed by atoms with van der Waals surface area (Å²) in [6.07, 6.45) is -0.787. The molecule has 1 aliphatic rings. The van der Waals surface area contributed by atoms with Gasteiger partial charge in [-0.2, -0.15) is 0 Å². The van der Waals surface area contributed by atoms with Gasteiger partial charge in [0.25, 0.3) is 0 Å². The van der Waals surface area contributed by atoms with E-state index in [2.05, 4.69) is 15.4 Å². The van der Waals surface area contributed by atoms with E-state index in [0.717, 1.165) is 5.56 Å². The Morgan fingerprint density at radius 2 is 1.61 bits per heavy atom. The monoisotopic (exact) mass is 676 g/mol. The van der Waals surface area contributed by atoms with Gasteiger partial charge in [-0.15, -0.1) is 0 Å². The highest BCUT2D eigenvalue weighted by molar-refractivity contribution is 7.99. The highest BCUT2D eigenvalue weighted by Gasteiger charge is 2.44. The van der Waals surface area contributed by atoms with Crippen molar-refractivity contribution in [2.24, 2.45) is 0 Å². The number of halogens is 1. The highest BCUT2D eigenvalue weighted by atomic mass is 35.5. The summed E-state index contributed by atoms with van der Waals surface area (Å²) < 4.78 is 40.6. The van der Waals surface area contributed by atoms with Crippen LogP contribution in [-0.2, 0) is 35.7 Å². The maximum Gasteiger partial charge on any atom is 0.408 e. The normalized spacial score (nSPS) is 16.5. The van der Waals surface area contributed by atoms with E-state index >= 15 is 0 Å². The van der Waals surface area contributed by atoms with Crippen molar-refractivity contribution < 1.29 is 32.3 Å². The summed E-state index contributed by atoms with van der Waals surface area (Å²) in [6.45, 7) is 13.5. The lowest BCUT2D eigenvalue weighted by Crippen LogP contribution is -2.60. The van der Waals surface area contributed by atoms with Gasteiger partial charge >= 0.3 is 6.09 Å². The standard InChI is InChI=1S/C33H45ClN4O7S/c1-9-38(19-25-27(23-15-17-24(34)18-16-23)46(42,43)37-32(25,5)6)28(39)26(21-44-20-22-13-11-10-12-14-22)35-29(40)33(7,8)36-30(41)45-31(2,3)4/h10-18,26,37H,9,19-21H2,1-8H3,(H,35,40)(H,36,41). The van der Waals surface area contributed by atoms with E-state index in [-0.39, 0.29) is 31.2 Å². The molecule has 46 heavy (non-hydrogen) atoms. The summed E-state index contributed by atoms with van der Waals surface area (Å²) in [7, 11) is -3.92. The molecule has 3 rings (SSSR count). The first-order chi connectivity index (χ1) is 21.3. The Morgan fingerprint density at radius 3 is 2.17 bits per heavy atom. The number of amides is 3. The Labute approximate surface area is 277 Å². The number of likely N-dealkylation sites (N-methyl/N-ethyl adjacent to an activating group) is 1. The largest absolute Gasteiger partial charge is 0.444 e.